The fourth-order valence-corrected chi connectivity index (χ4v) is 5.83. The molecule has 154 valence electrons. The molecule has 0 aromatic heterocycles. The highest BCUT2D eigenvalue weighted by atomic mass is 16.2. The van der Waals surface area contributed by atoms with Gasteiger partial charge in [0.2, 0.25) is 17.7 Å². The number of likely N-dealkylation sites (tertiary alicyclic amines) is 1. The van der Waals surface area contributed by atoms with E-state index < -0.39 is 6.04 Å². The van der Waals surface area contributed by atoms with Crippen molar-refractivity contribution >= 4 is 23.4 Å². The predicted molar refractivity (Wildman–Crippen MR) is 113 cm³/mol. The largest absolute Gasteiger partial charge is 0.324 e. The number of amides is 3. The van der Waals surface area contributed by atoms with Crippen LogP contribution in [0.4, 0.5) is 5.69 Å². The Bertz CT molecular complexity index is 974. The summed E-state index contributed by atoms with van der Waals surface area (Å²) in [6.07, 6.45) is 3.36. The number of benzene rings is 2. The Hall–Kier alpha value is -2.95. The van der Waals surface area contributed by atoms with Crippen LogP contribution < -0.4 is 5.32 Å². The maximum Gasteiger partial charge on any atom is 0.248 e. The number of rotatable bonds is 5. The van der Waals surface area contributed by atoms with E-state index in [4.69, 9.17) is 0 Å². The normalized spacial score (nSPS) is 28.0. The first-order chi connectivity index (χ1) is 14.5. The third-order valence-corrected chi connectivity index (χ3v) is 7.13. The molecular formula is C25H26N2O3. The van der Waals surface area contributed by atoms with Crippen LogP contribution in [-0.4, -0.2) is 28.7 Å². The van der Waals surface area contributed by atoms with Crippen molar-refractivity contribution in [3.8, 4) is 0 Å². The summed E-state index contributed by atoms with van der Waals surface area (Å²) >= 11 is 0. The molecule has 0 unspecified atom stereocenters. The van der Waals surface area contributed by atoms with E-state index in [2.05, 4.69) is 5.32 Å². The first-order valence-electron chi connectivity index (χ1n) is 10.8. The van der Waals surface area contributed by atoms with E-state index >= 15 is 0 Å². The number of anilines is 1. The molecule has 0 radical (unpaired) electrons. The van der Waals surface area contributed by atoms with Gasteiger partial charge in [0.1, 0.15) is 6.04 Å². The lowest BCUT2D eigenvalue weighted by Gasteiger charge is -2.27. The molecule has 2 bridgehead atoms. The second kappa shape index (κ2) is 7.38. The molecule has 5 heteroatoms. The maximum atomic E-state index is 13.4. The summed E-state index contributed by atoms with van der Waals surface area (Å²) < 4.78 is 0. The molecule has 2 aromatic carbocycles. The molecule has 30 heavy (non-hydrogen) atoms. The number of nitrogens with one attached hydrogen (secondary N) is 1. The van der Waals surface area contributed by atoms with Gasteiger partial charge in [-0.2, -0.15) is 0 Å². The Balaban J connectivity index is 1.46. The van der Waals surface area contributed by atoms with E-state index in [1.807, 2.05) is 61.5 Å². The number of hydrogen-bond donors (Lipinski definition) is 1. The molecule has 3 aliphatic rings. The summed E-state index contributed by atoms with van der Waals surface area (Å²) in [6.45, 7) is 1.96. The van der Waals surface area contributed by atoms with Gasteiger partial charge in [0.05, 0.1) is 11.8 Å². The van der Waals surface area contributed by atoms with Crippen LogP contribution in [0.1, 0.15) is 30.4 Å². The summed E-state index contributed by atoms with van der Waals surface area (Å²) in [4.78, 5) is 41.4. The van der Waals surface area contributed by atoms with E-state index in [9.17, 15) is 14.4 Å². The molecule has 1 aliphatic heterocycles. The minimum atomic E-state index is -0.835. The Labute approximate surface area is 176 Å². The van der Waals surface area contributed by atoms with Crippen molar-refractivity contribution in [2.24, 2.45) is 23.7 Å². The van der Waals surface area contributed by atoms with Crippen molar-refractivity contribution in [3.05, 3.63) is 65.7 Å². The van der Waals surface area contributed by atoms with Gasteiger partial charge in [0.15, 0.2) is 0 Å². The van der Waals surface area contributed by atoms with Gasteiger partial charge in [-0.05, 0) is 61.3 Å². The predicted octanol–water partition coefficient (Wildman–Crippen LogP) is 3.58. The monoisotopic (exact) mass is 402 g/mol. The van der Waals surface area contributed by atoms with Gasteiger partial charge in [-0.25, -0.2) is 0 Å². The molecule has 5 nitrogen and oxygen atoms in total. The number of carbonyl (C=O) groups excluding carboxylic acids is 3. The number of fused-ring (bicyclic) bond motifs is 5. The van der Waals surface area contributed by atoms with E-state index in [-0.39, 0.29) is 29.6 Å². The van der Waals surface area contributed by atoms with Gasteiger partial charge in [-0.1, -0.05) is 42.5 Å². The molecule has 2 aliphatic carbocycles. The van der Waals surface area contributed by atoms with E-state index in [0.717, 1.165) is 30.4 Å². The van der Waals surface area contributed by atoms with Crippen molar-refractivity contribution in [2.45, 2.75) is 38.6 Å². The van der Waals surface area contributed by atoms with Crippen LogP contribution in [0.2, 0.25) is 0 Å². The molecule has 5 rings (SSSR count). The lowest BCUT2D eigenvalue weighted by atomic mass is 9.81. The van der Waals surface area contributed by atoms with Gasteiger partial charge in [-0.15, -0.1) is 0 Å². The molecule has 3 fully saturated rings. The Kier molecular flexibility index (Phi) is 4.69. The Morgan fingerprint density at radius 1 is 1.00 bits per heavy atom. The van der Waals surface area contributed by atoms with Crippen molar-refractivity contribution in [1.82, 2.24) is 4.90 Å². The van der Waals surface area contributed by atoms with Gasteiger partial charge >= 0.3 is 0 Å². The fourth-order valence-electron chi connectivity index (χ4n) is 5.83. The molecule has 3 amide bonds. The molecule has 2 aromatic rings. The number of nitrogens with zero attached hydrogens (tertiary/aromatic N) is 1. The van der Waals surface area contributed by atoms with Crippen molar-refractivity contribution in [3.63, 3.8) is 0 Å². The van der Waals surface area contributed by atoms with Crippen LogP contribution in [0, 0.1) is 30.6 Å². The molecule has 0 spiro atoms. The highest BCUT2D eigenvalue weighted by molar-refractivity contribution is 6.10. The quantitative estimate of drug-likeness (QED) is 0.778. The van der Waals surface area contributed by atoms with E-state index in [1.54, 1.807) is 0 Å². The second-order valence-electron chi connectivity index (χ2n) is 9.00. The lowest BCUT2D eigenvalue weighted by Crippen LogP contribution is -2.49. The van der Waals surface area contributed by atoms with Crippen LogP contribution >= 0.6 is 0 Å². The van der Waals surface area contributed by atoms with E-state index in [1.165, 1.54) is 4.90 Å². The van der Waals surface area contributed by atoms with Crippen LogP contribution in [0.15, 0.2) is 54.6 Å². The van der Waals surface area contributed by atoms with Gasteiger partial charge < -0.3 is 5.32 Å². The molecule has 1 N–H and O–H groups in total. The maximum absolute atomic E-state index is 13.4. The van der Waals surface area contributed by atoms with Gasteiger partial charge in [0.25, 0.3) is 0 Å². The van der Waals surface area contributed by atoms with Crippen LogP contribution in [0.3, 0.4) is 0 Å². The van der Waals surface area contributed by atoms with Crippen molar-refractivity contribution < 1.29 is 14.4 Å². The zero-order chi connectivity index (χ0) is 20.8. The summed E-state index contributed by atoms with van der Waals surface area (Å²) in [7, 11) is 0. The zero-order valence-corrected chi connectivity index (χ0v) is 17.1. The highest BCUT2D eigenvalue weighted by Gasteiger charge is 2.62. The molecule has 5 atom stereocenters. The number of aryl methyl sites for hydroxylation is 1. The summed E-state index contributed by atoms with van der Waals surface area (Å²) in [5.74, 6) is -0.423. The third kappa shape index (κ3) is 3.13. The number of imide groups is 1. The van der Waals surface area contributed by atoms with Gasteiger partial charge in [0, 0.05) is 12.1 Å². The first-order valence-corrected chi connectivity index (χ1v) is 10.8. The number of carbonyl (C=O) groups is 3. The zero-order valence-electron chi connectivity index (χ0n) is 17.1. The third-order valence-electron chi connectivity index (χ3n) is 7.13. The molecular weight excluding hydrogens is 376 g/mol. The Morgan fingerprint density at radius 2 is 1.67 bits per heavy atom. The van der Waals surface area contributed by atoms with Crippen LogP contribution in [0.5, 0.6) is 0 Å². The second-order valence-corrected chi connectivity index (χ2v) is 9.00. The average Bonchev–Trinajstić information content (AvgIpc) is 3.41. The molecule has 1 saturated heterocycles. The highest BCUT2D eigenvalue weighted by Crippen LogP contribution is 2.56. The number of hydrogen-bond acceptors (Lipinski definition) is 3. The van der Waals surface area contributed by atoms with Crippen molar-refractivity contribution in [1.29, 1.82) is 0 Å². The SMILES string of the molecule is Cc1cccc(NC(=O)[C@H](Cc2ccccc2)N2C(=O)[C@H]3[C@H]4CC[C@@H](C4)[C@@H]3C2=O)c1. The average molecular weight is 402 g/mol. The minimum absolute atomic E-state index is 0.141. The van der Waals surface area contributed by atoms with Gasteiger partial charge in [-0.3, -0.25) is 19.3 Å². The van der Waals surface area contributed by atoms with Crippen molar-refractivity contribution in [2.75, 3.05) is 5.32 Å². The smallest absolute Gasteiger partial charge is 0.248 e. The first kappa shape index (κ1) is 19.0. The van der Waals surface area contributed by atoms with Crippen LogP contribution in [0.25, 0.3) is 0 Å². The standard InChI is InChI=1S/C25H26N2O3/c1-15-6-5-9-19(12-15)26-23(28)20(13-16-7-3-2-4-8-16)27-24(29)21-17-10-11-18(14-17)22(21)25(27)30/h2-9,12,17-18,20-22H,10-11,13-14H2,1H3,(H,26,28)/t17-,18-,20-,21-,22-/m0/s1. The topological polar surface area (TPSA) is 66.5 Å². The van der Waals surface area contributed by atoms with E-state index in [0.29, 0.717) is 23.9 Å². The molecule has 1 heterocycles. The Morgan fingerprint density at radius 3 is 2.30 bits per heavy atom. The molecule has 2 saturated carbocycles. The minimum Gasteiger partial charge on any atom is -0.324 e. The summed E-state index contributed by atoms with van der Waals surface area (Å²) in [5.41, 5.74) is 2.65. The lowest BCUT2D eigenvalue weighted by molar-refractivity contribution is -0.147. The fraction of sp³-hybridized carbons (Fsp3) is 0.400. The summed E-state index contributed by atoms with van der Waals surface area (Å²) in [5, 5.41) is 2.94. The van der Waals surface area contributed by atoms with Crippen LogP contribution in [-0.2, 0) is 20.8 Å². The summed E-state index contributed by atoms with van der Waals surface area (Å²) in [6, 6.07) is 16.3.